The number of hydrogen-bond acceptors (Lipinski definition) is 3. The van der Waals surface area contributed by atoms with Crippen LogP contribution in [0.1, 0.15) is 45.4 Å². The summed E-state index contributed by atoms with van der Waals surface area (Å²) in [4.78, 5) is 14.1. The largest absolute Gasteiger partial charge is 0.378 e. The van der Waals surface area contributed by atoms with Crippen LogP contribution in [0.5, 0.6) is 0 Å². The van der Waals surface area contributed by atoms with E-state index in [-0.39, 0.29) is 0 Å². The molecule has 102 valence electrons. The van der Waals surface area contributed by atoms with Crippen LogP contribution in [0.25, 0.3) is 0 Å². The van der Waals surface area contributed by atoms with Gasteiger partial charge in [0.1, 0.15) is 0 Å². The lowest BCUT2D eigenvalue weighted by molar-refractivity contribution is -0.129. The summed E-state index contributed by atoms with van der Waals surface area (Å²) in [7, 11) is 0. The highest BCUT2D eigenvalue weighted by Gasteiger charge is 2.41. The van der Waals surface area contributed by atoms with Gasteiger partial charge in [-0.15, -0.1) is 0 Å². The number of carbonyl (C=O) groups is 1. The SMILES string of the molecule is CC1CC(NC2CC(=O)N3CCCCC23)CCO1. The maximum atomic E-state index is 12.0. The molecule has 3 rings (SSSR count). The van der Waals surface area contributed by atoms with Crippen molar-refractivity contribution < 1.29 is 9.53 Å². The molecule has 4 heteroatoms. The number of amides is 1. The third-order valence-corrected chi connectivity index (χ3v) is 4.66. The monoisotopic (exact) mass is 252 g/mol. The number of nitrogens with one attached hydrogen (secondary N) is 1. The third kappa shape index (κ3) is 2.41. The van der Waals surface area contributed by atoms with Crippen LogP contribution in [0.15, 0.2) is 0 Å². The molecule has 3 aliphatic rings. The van der Waals surface area contributed by atoms with Crippen molar-refractivity contribution in [2.24, 2.45) is 0 Å². The van der Waals surface area contributed by atoms with E-state index in [1.807, 2.05) is 0 Å². The van der Waals surface area contributed by atoms with Crippen molar-refractivity contribution in [1.29, 1.82) is 0 Å². The van der Waals surface area contributed by atoms with Crippen LogP contribution in [-0.4, -0.2) is 48.2 Å². The van der Waals surface area contributed by atoms with Crippen molar-refractivity contribution in [1.82, 2.24) is 10.2 Å². The first-order chi connectivity index (χ1) is 8.74. The summed E-state index contributed by atoms with van der Waals surface area (Å²) >= 11 is 0. The van der Waals surface area contributed by atoms with Crippen LogP contribution in [0.3, 0.4) is 0 Å². The first-order valence-electron chi connectivity index (χ1n) is 7.41. The topological polar surface area (TPSA) is 41.6 Å². The first kappa shape index (κ1) is 12.4. The summed E-state index contributed by atoms with van der Waals surface area (Å²) in [5.41, 5.74) is 0. The summed E-state index contributed by atoms with van der Waals surface area (Å²) in [6, 6.07) is 1.38. The molecule has 1 amide bonds. The van der Waals surface area contributed by atoms with Gasteiger partial charge in [-0.05, 0) is 39.0 Å². The highest BCUT2D eigenvalue weighted by Crippen LogP contribution is 2.29. The highest BCUT2D eigenvalue weighted by atomic mass is 16.5. The van der Waals surface area contributed by atoms with Gasteiger partial charge in [-0.3, -0.25) is 4.79 Å². The fraction of sp³-hybridized carbons (Fsp3) is 0.929. The van der Waals surface area contributed by atoms with Crippen molar-refractivity contribution in [2.45, 2.75) is 69.7 Å². The van der Waals surface area contributed by atoms with Crippen molar-refractivity contribution in [3.8, 4) is 0 Å². The van der Waals surface area contributed by atoms with Crippen LogP contribution >= 0.6 is 0 Å². The molecule has 3 saturated heterocycles. The molecule has 18 heavy (non-hydrogen) atoms. The van der Waals surface area contributed by atoms with Gasteiger partial charge in [-0.25, -0.2) is 0 Å². The maximum Gasteiger partial charge on any atom is 0.224 e. The number of carbonyl (C=O) groups excluding carboxylic acids is 1. The molecule has 3 aliphatic heterocycles. The number of hydrogen-bond donors (Lipinski definition) is 1. The van der Waals surface area contributed by atoms with E-state index in [9.17, 15) is 4.79 Å². The Kier molecular flexibility index (Phi) is 3.57. The van der Waals surface area contributed by atoms with E-state index in [2.05, 4.69) is 17.1 Å². The summed E-state index contributed by atoms with van der Waals surface area (Å²) < 4.78 is 5.58. The molecule has 3 heterocycles. The molecule has 0 aromatic carbocycles. The zero-order valence-electron chi connectivity index (χ0n) is 11.2. The van der Waals surface area contributed by atoms with E-state index in [0.29, 0.717) is 36.6 Å². The summed E-state index contributed by atoms with van der Waals surface area (Å²) in [6.45, 7) is 3.97. The van der Waals surface area contributed by atoms with Gasteiger partial charge < -0.3 is 15.0 Å². The number of rotatable bonds is 2. The molecule has 1 N–H and O–H groups in total. The first-order valence-corrected chi connectivity index (χ1v) is 7.41. The van der Waals surface area contributed by atoms with Crippen molar-refractivity contribution in [3.63, 3.8) is 0 Å². The van der Waals surface area contributed by atoms with Crippen molar-refractivity contribution in [3.05, 3.63) is 0 Å². The van der Waals surface area contributed by atoms with Gasteiger partial charge in [0.15, 0.2) is 0 Å². The van der Waals surface area contributed by atoms with Gasteiger partial charge in [0, 0.05) is 37.7 Å². The zero-order chi connectivity index (χ0) is 12.5. The van der Waals surface area contributed by atoms with Crippen molar-refractivity contribution in [2.75, 3.05) is 13.2 Å². The van der Waals surface area contributed by atoms with Crippen LogP contribution in [0, 0.1) is 0 Å². The second-order valence-corrected chi connectivity index (χ2v) is 6.03. The van der Waals surface area contributed by atoms with Gasteiger partial charge in [-0.1, -0.05) is 0 Å². The molecule has 0 radical (unpaired) electrons. The Hall–Kier alpha value is -0.610. The molecule has 0 aliphatic carbocycles. The second kappa shape index (κ2) is 5.17. The Bertz CT molecular complexity index is 321. The average Bonchev–Trinajstić information content (AvgIpc) is 2.67. The minimum atomic E-state index is 0.357. The highest BCUT2D eigenvalue weighted by molar-refractivity contribution is 5.80. The third-order valence-electron chi connectivity index (χ3n) is 4.66. The molecular weight excluding hydrogens is 228 g/mol. The average molecular weight is 252 g/mol. The van der Waals surface area contributed by atoms with Gasteiger partial charge in [-0.2, -0.15) is 0 Å². The normalized spacial score (nSPS) is 40.9. The minimum Gasteiger partial charge on any atom is -0.378 e. The lowest BCUT2D eigenvalue weighted by Crippen LogP contribution is -2.50. The minimum absolute atomic E-state index is 0.357. The summed E-state index contributed by atoms with van der Waals surface area (Å²) in [5.74, 6) is 0.359. The fourth-order valence-corrected chi connectivity index (χ4v) is 3.75. The van der Waals surface area contributed by atoms with Gasteiger partial charge in [0.05, 0.1) is 6.10 Å². The van der Waals surface area contributed by atoms with Crippen LogP contribution in [-0.2, 0) is 9.53 Å². The van der Waals surface area contributed by atoms with Crippen LogP contribution < -0.4 is 5.32 Å². The second-order valence-electron chi connectivity index (χ2n) is 6.03. The Morgan fingerprint density at radius 1 is 1.33 bits per heavy atom. The van der Waals surface area contributed by atoms with Gasteiger partial charge in [0.2, 0.25) is 5.91 Å². The van der Waals surface area contributed by atoms with E-state index in [0.717, 1.165) is 26.0 Å². The van der Waals surface area contributed by atoms with Crippen LogP contribution in [0.4, 0.5) is 0 Å². The molecule has 0 bridgehead atoms. The predicted molar refractivity (Wildman–Crippen MR) is 69.3 cm³/mol. The Labute approximate surface area is 109 Å². The quantitative estimate of drug-likeness (QED) is 0.805. The maximum absolute atomic E-state index is 12.0. The number of nitrogens with zero attached hydrogens (tertiary/aromatic N) is 1. The molecule has 3 fully saturated rings. The van der Waals surface area contributed by atoms with E-state index in [4.69, 9.17) is 4.74 Å². The van der Waals surface area contributed by atoms with E-state index >= 15 is 0 Å². The fourth-order valence-electron chi connectivity index (χ4n) is 3.75. The standard InChI is InChI=1S/C14H24N2O2/c1-10-8-11(5-7-18-10)15-12-9-14(17)16-6-3-2-4-13(12)16/h10-13,15H,2-9H2,1H3. The Balaban J connectivity index is 1.60. The Morgan fingerprint density at radius 3 is 3.06 bits per heavy atom. The molecular formula is C14H24N2O2. The molecule has 4 atom stereocenters. The zero-order valence-corrected chi connectivity index (χ0v) is 11.2. The van der Waals surface area contributed by atoms with Crippen LogP contribution in [0.2, 0.25) is 0 Å². The van der Waals surface area contributed by atoms with E-state index < -0.39 is 0 Å². The van der Waals surface area contributed by atoms with E-state index in [1.165, 1.54) is 19.3 Å². The molecule has 0 spiro atoms. The summed E-state index contributed by atoms with van der Waals surface area (Å²) in [5, 5.41) is 3.74. The van der Waals surface area contributed by atoms with Gasteiger partial charge in [0.25, 0.3) is 0 Å². The van der Waals surface area contributed by atoms with Crippen molar-refractivity contribution >= 4 is 5.91 Å². The summed E-state index contributed by atoms with van der Waals surface area (Å²) in [6.07, 6.45) is 6.87. The number of ether oxygens (including phenoxy) is 1. The molecule has 0 aromatic heterocycles. The Morgan fingerprint density at radius 2 is 2.22 bits per heavy atom. The number of piperidine rings is 1. The lowest BCUT2D eigenvalue weighted by atomic mass is 9.96. The van der Waals surface area contributed by atoms with E-state index in [1.54, 1.807) is 0 Å². The molecule has 4 unspecified atom stereocenters. The lowest BCUT2D eigenvalue weighted by Gasteiger charge is -2.36. The number of fused-ring (bicyclic) bond motifs is 1. The smallest absolute Gasteiger partial charge is 0.224 e. The van der Waals surface area contributed by atoms with Gasteiger partial charge >= 0.3 is 0 Å². The molecule has 0 saturated carbocycles. The predicted octanol–water partition coefficient (Wildman–Crippen LogP) is 1.30. The molecule has 4 nitrogen and oxygen atoms in total. The molecule has 0 aromatic rings.